The van der Waals surface area contributed by atoms with Gasteiger partial charge >= 0.3 is 19.8 Å². The fourth-order valence-corrected chi connectivity index (χ4v) is 7.80. The molecule has 9 nitrogen and oxygen atoms in total. The zero-order chi connectivity index (χ0) is 44.3. The lowest BCUT2D eigenvalue weighted by Gasteiger charge is -2.24. The molecule has 0 aliphatic carbocycles. The molecule has 0 radical (unpaired) electrons. The van der Waals surface area contributed by atoms with Crippen molar-refractivity contribution in [2.75, 3.05) is 47.5 Å². The van der Waals surface area contributed by atoms with Crippen LogP contribution in [0, 0.1) is 0 Å². The van der Waals surface area contributed by atoms with Crippen LogP contribution in [0.4, 0.5) is 0 Å². The molecule has 0 spiro atoms. The van der Waals surface area contributed by atoms with E-state index in [0.717, 1.165) is 64.2 Å². The number of hydrogen-bond acceptors (Lipinski definition) is 7. The van der Waals surface area contributed by atoms with Crippen LogP contribution >= 0.6 is 7.82 Å². The summed E-state index contributed by atoms with van der Waals surface area (Å²) in [7, 11) is 1.47. The van der Waals surface area contributed by atoms with Gasteiger partial charge in [-0.15, -0.1) is 0 Å². The highest BCUT2D eigenvalue weighted by atomic mass is 31.2. The summed E-state index contributed by atoms with van der Waals surface area (Å²) in [5.74, 6) is -0.805. The van der Waals surface area contributed by atoms with Gasteiger partial charge in [0.2, 0.25) is 0 Å². The molecule has 0 aliphatic heterocycles. The molecule has 0 bridgehead atoms. The molecule has 0 saturated carbocycles. The minimum absolute atomic E-state index is 0.0307. The molecule has 10 heteroatoms. The molecule has 0 amide bonds. The average molecular weight is 871 g/mol. The quantitative estimate of drug-likeness (QED) is 0.0212. The van der Waals surface area contributed by atoms with Gasteiger partial charge in [-0.2, -0.15) is 0 Å². The van der Waals surface area contributed by atoms with Gasteiger partial charge in [0.25, 0.3) is 0 Å². The van der Waals surface area contributed by atoms with Crippen LogP contribution in [0.15, 0.2) is 24.3 Å². The lowest BCUT2D eigenvalue weighted by atomic mass is 10.0. The number of ether oxygens (including phenoxy) is 2. The second-order valence-corrected chi connectivity index (χ2v) is 19.7. The van der Waals surface area contributed by atoms with E-state index < -0.39 is 26.5 Å². The smallest absolute Gasteiger partial charge is 0.462 e. The molecular formula is C50H97NO8P+. The Balaban J connectivity index is 4.16. The Kier molecular flexibility index (Phi) is 41.7. The van der Waals surface area contributed by atoms with Crippen molar-refractivity contribution >= 4 is 19.8 Å². The van der Waals surface area contributed by atoms with Gasteiger partial charge < -0.3 is 18.9 Å². The van der Waals surface area contributed by atoms with E-state index in [1.165, 1.54) is 135 Å². The topological polar surface area (TPSA) is 108 Å². The van der Waals surface area contributed by atoms with E-state index in [0.29, 0.717) is 23.9 Å². The third-order valence-electron chi connectivity index (χ3n) is 11.0. The van der Waals surface area contributed by atoms with Crippen molar-refractivity contribution in [3.63, 3.8) is 0 Å². The molecule has 0 saturated heterocycles. The lowest BCUT2D eigenvalue weighted by molar-refractivity contribution is -0.870. The van der Waals surface area contributed by atoms with Crippen molar-refractivity contribution in [2.24, 2.45) is 0 Å². The summed E-state index contributed by atoms with van der Waals surface area (Å²) >= 11 is 0. The van der Waals surface area contributed by atoms with Crippen LogP contribution in [0.25, 0.3) is 0 Å². The van der Waals surface area contributed by atoms with E-state index in [1.807, 2.05) is 21.1 Å². The second kappa shape index (κ2) is 42.8. The van der Waals surface area contributed by atoms with Crippen LogP contribution in [0.5, 0.6) is 0 Å². The summed E-state index contributed by atoms with van der Waals surface area (Å²) in [4.78, 5) is 35.4. The van der Waals surface area contributed by atoms with Crippen molar-refractivity contribution in [3.05, 3.63) is 24.3 Å². The van der Waals surface area contributed by atoms with Crippen molar-refractivity contribution in [1.29, 1.82) is 0 Å². The molecule has 0 aromatic rings. The van der Waals surface area contributed by atoms with Gasteiger partial charge in [0.05, 0.1) is 27.7 Å². The number of rotatable bonds is 46. The number of carbonyl (C=O) groups excluding carboxylic acids is 2. The monoisotopic (exact) mass is 871 g/mol. The lowest BCUT2D eigenvalue weighted by Crippen LogP contribution is -2.37. The van der Waals surface area contributed by atoms with Crippen LogP contribution in [-0.4, -0.2) is 74.9 Å². The molecule has 0 aliphatic rings. The number of quaternary nitrogens is 1. The Morgan fingerprint density at radius 1 is 0.517 bits per heavy atom. The number of allylic oxidation sites excluding steroid dienone is 4. The van der Waals surface area contributed by atoms with Crippen LogP contribution in [0.3, 0.4) is 0 Å². The molecule has 0 aromatic heterocycles. The predicted octanol–water partition coefficient (Wildman–Crippen LogP) is 14.7. The van der Waals surface area contributed by atoms with Crippen LogP contribution in [0.2, 0.25) is 0 Å². The van der Waals surface area contributed by atoms with Gasteiger partial charge in [-0.3, -0.25) is 18.6 Å². The zero-order valence-electron chi connectivity index (χ0n) is 40.0. The van der Waals surface area contributed by atoms with Gasteiger partial charge in [-0.1, -0.05) is 205 Å². The number of nitrogens with zero attached hydrogens (tertiary/aromatic N) is 1. The minimum atomic E-state index is -4.38. The first kappa shape index (κ1) is 58.5. The number of likely N-dealkylation sites (N-methyl/N-ethyl adjacent to an activating group) is 1. The Bertz CT molecular complexity index is 1070. The van der Waals surface area contributed by atoms with Crippen molar-refractivity contribution in [3.8, 4) is 0 Å². The third-order valence-corrected chi connectivity index (χ3v) is 11.9. The Labute approximate surface area is 370 Å². The van der Waals surface area contributed by atoms with E-state index in [9.17, 15) is 19.0 Å². The van der Waals surface area contributed by atoms with Gasteiger partial charge in [0, 0.05) is 12.8 Å². The van der Waals surface area contributed by atoms with Gasteiger partial charge in [0.15, 0.2) is 6.10 Å². The highest BCUT2D eigenvalue weighted by molar-refractivity contribution is 7.47. The third kappa shape index (κ3) is 46.0. The average Bonchev–Trinajstić information content (AvgIpc) is 3.20. The fourth-order valence-electron chi connectivity index (χ4n) is 7.05. The minimum Gasteiger partial charge on any atom is -0.462 e. The second-order valence-electron chi connectivity index (χ2n) is 18.2. The number of carbonyl (C=O) groups is 2. The molecule has 0 aromatic carbocycles. The van der Waals surface area contributed by atoms with Crippen LogP contribution < -0.4 is 0 Å². The summed E-state index contributed by atoms with van der Waals surface area (Å²) in [6, 6.07) is 0. The van der Waals surface area contributed by atoms with Crippen LogP contribution in [-0.2, 0) is 32.7 Å². The van der Waals surface area contributed by atoms with Crippen LogP contribution in [0.1, 0.15) is 232 Å². The molecule has 0 fully saturated rings. The first-order valence-electron chi connectivity index (χ1n) is 25.1. The fraction of sp³-hybridized carbons (Fsp3) is 0.880. The largest absolute Gasteiger partial charge is 0.472 e. The number of phosphoric ester groups is 1. The number of phosphoric acid groups is 1. The maximum Gasteiger partial charge on any atom is 0.472 e. The summed E-state index contributed by atoms with van der Waals surface area (Å²) in [5.41, 5.74) is 0. The molecule has 0 rings (SSSR count). The summed E-state index contributed by atoms with van der Waals surface area (Å²) in [6.45, 7) is 4.37. The molecule has 1 N–H and O–H groups in total. The van der Waals surface area contributed by atoms with E-state index >= 15 is 0 Å². The standard InChI is InChI=1S/C50H96NO8P/c1-6-8-10-12-14-16-18-20-21-22-23-24-25-26-27-28-29-31-32-34-36-38-40-42-49(52)56-46-48(47-58-60(54,55)57-45-44-51(3,4)5)59-50(53)43-41-39-37-35-33-30-19-17-15-13-11-9-7-2/h11,13,17,19,48H,6-10,12,14-16,18,20-47H2,1-5H3/p+1/b13-11-,19-17-. The summed E-state index contributed by atoms with van der Waals surface area (Å²) in [6.07, 6.45) is 48.1. The Hall–Kier alpha value is -1.51. The van der Waals surface area contributed by atoms with Gasteiger partial charge in [0.1, 0.15) is 19.8 Å². The number of esters is 2. The van der Waals surface area contributed by atoms with Crippen molar-refractivity contribution < 1.29 is 42.1 Å². The zero-order valence-corrected chi connectivity index (χ0v) is 40.9. The number of hydrogen-bond donors (Lipinski definition) is 1. The summed E-state index contributed by atoms with van der Waals surface area (Å²) < 4.78 is 34.4. The van der Waals surface area contributed by atoms with Crippen molar-refractivity contribution in [2.45, 2.75) is 238 Å². The van der Waals surface area contributed by atoms with E-state index in [2.05, 4.69) is 38.2 Å². The van der Waals surface area contributed by atoms with E-state index in [1.54, 1.807) is 0 Å². The van der Waals surface area contributed by atoms with E-state index in [-0.39, 0.29) is 25.6 Å². The number of unbranched alkanes of at least 4 members (excludes halogenated alkanes) is 28. The van der Waals surface area contributed by atoms with Gasteiger partial charge in [-0.05, 0) is 38.5 Å². The molecule has 354 valence electrons. The Morgan fingerprint density at radius 2 is 0.933 bits per heavy atom. The molecular weight excluding hydrogens is 774 g/mol. The van der Waals surface area contributed by atoms with Crippen molar-refractivity contribution in [1.82, 2.24) is 0 Å². The molecule has 0 heterocycles. The molecule has 2 atom stereocenters. The SMILES string of the molecule is CCC/C=C\C/C=C\CCCCCCCC(=O)OC(COC(=O)CCCCCCCCCCCCCCCCCCCCCCCCC)COP(=O)(O)OCC[N+](C)(C)C. The Morgan fingerprint density at radius 3 is 1.38 bits per heavy atom. The summed E-state index contributed by atoms with van der Waals surface area (Å²) in [5, 5.41) is 0. The predicted molar refractivity (Wildman–Crippen MR) is 252 cm³/mol. The highest BCUT2D eigenvalue weighted by Crippen LogP contribution is 2.43. The maximum atomic E-state index is 12.7. The molecule has 2 unspecified atom stereocenters. The van der Waals surface area contributed by atoms with Gasteiger partial charge in [-0.25, -0.2) is 4.57 Å². The first-order valence-corrected chi connectivity index (χ1v) is 26.6. The van der Waals surface area contributed by atoms with E-state index in [4.69, 9.17) is 18.5 Å². The normalized spacial score (nSPS) is 13.6. The highest BCUT2D eigenvalue weighted by Gasteiger charge is 2.27. The maximum absolute atomic E-state index is 12.7. The molecule has 60 heavy (non-hydrogen) atoms. The first-order chi connectivity index (χ1) is 29.0.